The zero-order chi connectivity index (χ0) is 21.9. The van der Waals surface area contributed by atoms with E-state index in [0.717, 1.165) is 79.9 Å². The van der Waals surface area contributed by atoms with Crippen molar-refractivity contribution >= 4 is 16.9 Å². The molecule has 170 valence electrons. The summed E-state index contributed by atoms with van der Waals surface area (Å²) in [6.07, 6.45) is 7.49. The molecule has 2 heterocycles. The van der Waals surface area contributed by atoms with Crippen LogP contribution >= 0.6 is 0 Å². The van der Waals surface area contributed by atoms with E-state index in [-0.39, 0.29) is 11.0 Å². The molecule has 1 saturated heterocycles. The summed E-state index contributed by atoms with van der Waals surface area (Å²) < 4.78 is 10.7. The summed E-state index contributed by atoms with van der Waals surface area (Å²) in [6, 6.07) is 7.13. The third kappa shape index (κ3) is 3.43. The Balaban J connectivity index is 1.15. The number of benzene rings is 1. The average molecular weight is 437 g/mol. The molecule has 6 nitrogen and oxygen atoms in total. The Morgan fingerprint density at radius 1 is 1.03 bits per heavy atom. The SMILES string of the molecule is COc1ccc2oc(=O)cc(CN3CCN(C(=O)C45CC6CC(CC(C6)C4)C5)CC3)c2c1. The van der Waals surface area contributed by atoms with Crippen molar-refractivity contribution in [1.82, 2.24) is 9.80 Å². The second-order valence-corrected chi connectivity index (χ2v) is 10.7. The van der Waals surface area contributed by atoms with Gasteiger partial charge in [-0.3, -0.25) is 9.69 Å². The predicted molar refractivity (Wildman–Crippen MR) is 121 cm³/mol. The molecule has 4 bridgehead atoms. The van der Waals surface area contributed by atoms with E-state index in [4.69, 9.17) is 9.15 Å². The number of hydrogen-bond donors (Lipinski definition) is 0. The molecular formula is C26H32N2O4. The molecule has 1 aliphatic heterocycles. The Labute approximate surface area is 188 Å². The van der Waals surface area contributed by atoms with Crippen LogP contribution in [0.4, 0.5) is 0 Å². The highest BCUT2D eigenvalue weighted by Crippen LogP contribution is 2.60. The highest BCUT2D eigenvalue weighted by molar-refractivity contribution is 5.83. The lowest BCUT2D eigenvalue weighted by Crippen LogP contribution is -2.58. The third-order valence-corrected chi connectivity index (χ3v) is 8.58. The topological polar surface area (TPSA) is 63.0 Å². The summed E-state index contributed by atoms with van der Waals surface area (Å²) in [5.74, 6) is 3.56. The van der Waals surface area contributed by atoms with Gasteiger partial charge in [0.1, 0.15) is 11.3 Å². The fraction of sp³-hybridized carbons (Fsp3) is 0.615. The van der Waals surface area contributed by atoms with E-state index >= 15 is 0 Å². The number of nitrogens with zero attached hydrogens (tertiary/aromatic N) is 2. The largest absolute Gasteiger partial charge is 0.497 e. The highest BCUT2D eigenvalue weighted by atomic mass is 16.5. The summed E-state index contributed by atoms with van der Waals surface area (Å²) in [5.41, 5.74) is 1.16. The van der Waals surface area contributed by atoms with Crippen LogP contribution in [0.3, 0.4) is 0 Å². The molecule has 0 radical (unpaired) electrons. The predicted octanol–water partition coefficient (Wildman–Crippen LogP) is 3.66. The summed E-state index contributed by atoms with van der Waals surface area (Å²) in [5, 5.41) is 0.913. The molecule has 32 heavy (non-hydrogen) atoms. The molecule has 0 spiro atoms. The van der Waals surface area contributed by atoms with Gasteiger partial charge in [-0.15, -0.1) is 0 Å². The number of piperazine rings is 1. The van der Waals surface area contributed by atoms with Gasteiger partial charge in [-0.25, -0.2) is 4.79 Å². The van der Waals surface area contributed by atoms with Crippen LogP contribution in [0.2, 0.25) is 0 Å². The van der Waals surface area contributed by atoms with Gasteiger partial charge in [0.25, 0.3) is 0 Å². The second-order valence-electron chi connectivity index (χ2n) is 10.7. The first kappa shape index (κ1) is 20.3. The third-order valence-electron chi connectivity index (χ3n) is 8.58. The van der Waals surface area contributed by atoms with Crippen LogP contribution in [0, 0.1) is 23.2 Å². The molecule has 7 rings (SSSR count). The Morgan fingerprint density at radius 3 is 2.31 bits per heavy atom. The standard InChI is InChI=1S/C26H32N2O4/c1-31-21-2-3-23-22(12-21)20(11-24(29)32-23)16-27-4-6-28(7-5-27)25(30)26-13-17-8-18(14-26)10-19(9-17)15-26/h2-3,11-12,17-19H,4-10,13-16H2,1H3. The van der Waals surface area contributed by atoms with E-state index in [9.17, 15) is 9.59 Å². The molecule has 2 aromatic rings. The minimum Gasteiger partial charge on any atom is -0.497 e. The minimum absolute atomic E-state index is 0.0535. The van der Waals surface area contributed by atoms with Crippen LogP contribution in [0.15, 0.2) is 33.5 Å². The van der Waals surface area contributed by atoms with Crippen LogP contribution in [0.25, 0.3) is 11.0 Å². The number of carbonyl (C=O) groups is 1. The molecule has 1 aromatic heterocycles. The first-order chi connectivity index (χ1) is 15.5. The zero-order valence-corrected chi connectivity index (χ0v) is 18.8. The Bertz CT molecular complexity index is 1060. The quantitative estimate of drug-likeness (QED) is 0.685. The van der Waals surface area contributed by atoms with Crippen molar-refractivity contribution in [3.05, 3.63) is 40.2 Å². The number of hydrogen-bond acceptors (Lipinski definition) is 5. The van der Waals surface area contributed by atoms with Gasteiger partial charge in [-0.2, -0.15) is 0 Å². The highest BCUT2D eigenvalue weighted by Gasteiger charge is 2.55. The van der Waals surface area contributed by atoms with Gasteiger partial charge in [-0.05, 0) is 80.0 Å². The van der Waals surface area contributed by atoms with Gasteiger partial charge in [0.2, 0.25) is 5.91 Å². The van der Waals surface area contributed by atoms with Gasteiger partial charge in [0, 0.05) is 44.2 Å². The number of ether oxygens (including phenoxy) is 1. The summed E-state index contributed by atoms with van der Waals surface area (Å²) in [4.78, 5) is 30.2. The lowest BCUT2D eigenvalue weighted by atomic mass is 9.49. The molecule has 1 amide bonds. The van der Waals surface area contributed by atoms with Crippen molar-refractivity contribution in [1.29, 1.82) is 0 Å². The van der Waals surface area contributed by atoms with E-state index < -0.39 is 0 Å². The van der Waals surface area contributed by atoms with Gasteiger partial charge >= 0.3 is 5.63 Å². The molecule has 4 aliphatic carbocycles. The maximum Gasteiger partial charge on any atom is 0.336 e. The van der Waals surface area contributed by atoms with Crippen molar-refractivity contribution in [2.75, 3.05) is 33.3 Å². The molecule has 0 atom stereocenters. The zero-order valence-electron chi connectivity index (χ0n) is 18.8. The van der Waals surface area contributed by atoms with Crippen LogP contribution < -0.4 is 10.4 Å². The summed E-state index contributed by atoms with van der Waals surface area (Å²) >= 11 is 0. The normalized spacial score (nSPS) is 31.9. The van der Waals surface area contributed by atoms with E-state index in [1.165, 1.54) is 19.3 Å². The van der Waals surface area contributed by atoms with Crippen molar-refractivity contribution in [2.24, 2.45) is 23.2 Å². The summed E-state index contributed by atoms with van der Waals surface area (Å²) in [6.45, 7) is 3.91. The lowest BCUT2D eigenvalue weighted by molar-refractivity contribution is -0.159. The fourth-order valence-corrected chi connectivity index (χ4v) is 7.52. The van der Waals surface area contributed by atoms with Crippen molar-refractivity contribution < 1.29 is 13.9 Å². The van der Waals surface area contributed by atoms with Crippen LogP contribution in [-0.4, -0.2) is 49.0 Å². The maximum absolute atomic E-state index is 13.6. The summed E-state index contributed by atoms with van der Waals surface area (Å²) in [7, 11) is 1.64. The molecule has 6 heteroatoms. The van der Waals surface area contributed by atoms with Gasteiger partial charge in [0.05, 0.1) is 12.5 Å². The van der Waals surface area contributed by atoms with Crippen LogP contribution in [0.1, 0.15) is 44.1 Å². The fourth-order valence-electron chi connectivity index (χ4n) is 7.52. The van der Waals surface area contributed by atoms with E-state index in [2.05, 4.69) is 9.80 Å². The Morgan fingerprint density at radius 2 is 1.69 bits per heavy atom. The van der Waals surface area contributed by atoms with Crippen LogP contribution in [0.5, 0.6) is 5.75 Å². The Kier molecular flexibility index (Phi) is 4.83. The molecule has 1 aromatic carbocycles. The van der Waals surface area contributed by atoms with E-state index in [0.29, 0.717) is 18.0 Å². The number of methoxy groups -OCH3 is 1. The monoisotopic (exact) mass is 436 g/mol. The lowest BCUT2D eigenvalue weighted by Gasteiger charge is -2.57. The molecule has 0 unspecified atom stereocenters. The maximum atomic E-state index is 13.6. The smallest absolute Gasteiger partial charge is 0.336 e. The first-order valence-corrected chi connectivity index (χ1v) is 12.1. The van der Waals surface area contributed by atoms with Crippen molar-refractivity contribution in [3.63, 3.8) is 0 Å². The van der Waals surface area contributed by atoms with Crippen molar-refractivity contribution in [3.8, 4) is 5.75 Å². The molecule has 4 saturated carbocycles. The first-order valence-electron chi connectivity index (χ1n) is 12.1. The Hall–Kier alpha value is -2.34. The molecule has 0 N–H and O–H groups in total. The van der Waals surface area contributed by atoms with E-state index in [1.807, 2.05) is 12.1 Å². The molecule has 5 fully saturated rings. The van der Waals surface area contributed by atoms with Gasteiger partial charge < -0.3 is 14.1 Å². The second kappa shape index (κ2) is 7.62. The van der Waals surface area contributed by atoms with Crippen LogP contribution in [-0.2, 0) is 11.3 Å². The molecule has 5 aliphatic rings. The number of rotatable bonds is 4. The minimum atomic E-state index is -0.326. The van der Waals surface area contributed by atoms with Crippen molar-refractivity contribution in [2.45, 2.75) is 45.1 Å². The average Bonchev–Trinajstić information content (AvgIpc) is 2.78. The molecular weight excluding hydrogens is 404 g/mol. The number of carbonyl (C=O) groups excluding carboxylic acids is 1. The van der Waals surface area contributed by atoms with Gasteiger partial charge in [-0.1, -0.05) is 0 Å². The number of fused-ring (bicyclic) bond motifs is 1. The number of amides is 1. The van der Waals surface area contributed by atoms with E-state index in [1.54, 1.807) is 19.2 Å². The van der Waals surface area contributed by atoms with Gasteiger partial charge in [0.15, 0.2) is 0 Å².